The molecule has 0 aromatic rings. The third kappa shape index (κ3) is 64.1. The molecule has 0 aromatic heterocycles. The van der Waals surface area contributed by atoms with Gasteiger partial charge in [-0.2, -0.15) is 0 Å². The first-order chi connectivity index (χ1) is 39.5. The Balaban J connectivity index is 4.30. The first kappa shape index (κ1) is 75.3. The van der Waals surface area contributed by atoms with Crippen molar-refractivity contribution in [1.29, 1.82) is 0 Å². The average Bonchev–Trinajstić information content (AvgIpc) is 3.46. The first-order valence-corrected chi connectivity index (χ1v) is 32.8. The molecule has 0 amide bonds. The number of carbonyl (C=O) groups is 3. The molecule has 0 aliphatic heterocycles. The van der Waals surface area contributed by atoms with E-state index in [4.69, 9.17) is 14.2 Å². The van der Waals surface area contributed by atoms with Crippen LogP contribution >= 0.6 is 0 Å². The van der Waals surface area contributed by atoms with Crippen molar-refractivity contribution in [2.75, 3.05) is 13.2 Å². The van der Waals surface area contributed by atoms with Gasteiger partial charge in [0.1, 0.15) is 13.2 Å². The summed E-state index contributed by atoms with van der Waals surface area (Å²) in [6.45, 7) is 6.45. The quantitative estimate of drug-likeness (QED) is 0.0261. The van der Waals surface area contributed by atoms with Crippen LogP contribution in [0.2, 0.25) is 0 Å². The van der Waals surface area contributed by atoms with Gasteiger partial charge >= 0.3 is 17.9 Å². The maximum absolute atomic E-state index is 12.9. The fourth-order valence-electron chi connectivity index (χ4n) is 8.68. The maximum atomic E-state index is 12.9. The van der Waals surface area contributed by atoms with Crippen LogP contribution < -0.4 is 0 Å². The van der Waals surface area contributed by atoms with Crippen LogP contribution in [0.4, 0.5) is 0 Å². The molecule has 1 unspecified atom stereocenters. The minimum atomic E-state index is -0.800. The second-order valence-corrected chi connectivity index (χ2v) is 21.3. The highest BCUT2D eigenvalue weighted by molar-refractivity contribution is 5.71. The smallest absolute Gasteiger partial charge is 0.306 e. The topological polar surface area (TPSA) is 78.9 Å². The summed E-state index contributed by atoms with van der Waals surface area (Å²) >= 11 is 0. The largest absolute Gasteiger partial charge is 0.462 e. The normalized spacial score (nSPS) is 13.1. The highest BCUT2D eigenvalue weighted by atomic mass is 16.6. The lowest BCUT2D eigenvalue weighted by molar-refractivity contribution is -0.167. The molecule has 0 fully saturated rings. The molecular formula is C74H120O6. The van der Waals surface area contributed by atoms with Crippen molar-refractivity contribution in [2.24, 2.45) is 0 Å². The lowest BCUT2D eigenvalue weighted by Gasteiger charge is -2.18. The molecule has 0 heterocycles. The van der Waals surface area contributed by atoms with E-state index in [1.54, 1.807) is 0 Å². The molecule has 0 saturated carbocycles. The molecular weight excluding hydrogens is 985 g/mol. The number of rotatable bonds is 58. The Kier molecular flexibility index (Phi) is 62.9. The first-order valence-electron chi connectivity index (χ1n) is 32.8. The van der Waals surface area contributed by atoms with Gasteiger partial charge in [-0.1, -0.05) is 282 Å². The van der Waals surface area contributed by atoms with Crippen molar-refractivity contribution in [3.05, 3.63) is 146 Å². The third-order valence-electron chi connectivity index (χ3n) is 13.6. The SMILES string of the molecule is CC/C=C\C/C=C\C/C=C\C/C=C\C/C=C\C/C=C\C/C=C\C/C=C\C/C=C\CCCCCC(=O)OCC(COC(=O)CCCCCCCCCC)OC(=O)CCCCCCCCCC/C=C\C/C=C\C/C=C\CCCCCCC. The van der Waals surface area contributed by atoms with Gasteiger partial charge in [-0.3, -0.25) is 14.4 Å². The second-order valence-electron chi connectivity index (χ2n) is 21.3. The Morgan fingerprint density at radius 1 is 0.263 bits per heavy atom. The molecule has 0 radical (unpaired) electrons. The summed E-state index contributed by atoms with van der Waals surface area (Å²) in [5.74, 6) is -0.942. The monoisotopic (exact) mass is 1100 g/mol. The Morgan fingerprint density at radius 3 is 0.775 bits per heavy atom. The summed E-state index contributed by atoms with van der Waals surface area (Å²) in [5, 5.41) is 0. The van der Waals surface area contributed by atoms with Crippen molar-refractivity contribution in [2.45, 2.75) is 290 Å². The molecule has 80 heavy (non-hydrogen) atoms. The minimum absolute atomic E-state index is 0.0950. The van der Waals surface area contributed by atoms with Gasteiger partial charge in [-0.05, 0) is 128 Å². The molecule has 6 nitrogen and oxygen atoms in total. The summed E-state index contributed by atoms with van der Waals surface area (Å²) in [6.07, 6.45) is 95.8. The molecule has 0 aliphatic rings. The maximum Gasteiger partial charge on any atom is 0.306 e. The van der Waals surface area contributed by atoms with E-state index in [1.807, 2.05) is 0 Å². The molecule has 0 bridgehead atoms. The average molecular weight is 1110 g/mol. The van der Waals surface area contributed by atoms with Crippen molar-refractivity contribution >= 4 is 17.9 Å². The van der Waals surface area contributed by atoms with Gasteiger partial charge in [0.2, 0.25) is 0 Å². The third-order valence-corrected chi connectivity index (χ3v) is 13.6. The van der Waals surface area contributed by atoms with E-state index >= 15 is 0 Å². The summed E-state index contributed by atoms with van der Waals surface area (Å²) < 4.78 is 16.8. The highest BCUT2D eigenvalue weighted by Crippen LogP contribution is 2.14. The van der Waals surface area contributed by atoms with Gasteiger partial charge in [0.15, 0.2) is 6.10 Å². The predicted octanol–water partition coefficient (Wildman–Crippen LogP) is 22.7. The zero-order valence-corrected chi connectivity index (χ0v) is 51.8. The zero-order chi connectivity index (χ0) is 57.8. The van der Waals surface area contributed by atoms with E-state index in [1.165, 1.54) is 103 Å². The zero-order valence-electron chi connectivity index (χ0n) is 51.8. The van der Waals surface area contributed by atoms with E-state index < -0.39 is 6.10 Å². The Labute approximate surface area is 493 Å². The number of hydrogen-bond donors (Lipinski definition) is 0. The number of allylic oxidation sites excluding steroid dienone is 24. The number of hydrogen-bond acceptors (Lipinski definition) is 6. The van der Waals surface area contributed by atoms with Crippen molar-refractivity contribution in [1.82, 2.24) is 0 Å². The molecule has 0 N–H and O–H groups in total. The fraction of sp³-hybridized carbons (Fsp3) is 0.635. The van der Waals surface area contributed by atoms with Crippen LogP contribution in [0, 0.1) is 0 Å². The van der Waals surface area contributed by atoms with E-state index in [0.29, 0.717) is 19.3 Å². The Hall–Kier alpha value is -4.71. The summed E-state index contributed by atoms with van der Waals surface area (Å²) in [4.78, 5) is 38.2. The Bertz CT molecular complexity index is 1750. The number of ether oxygens (including phenoxy) is 3. The van der Waals surface area contributed by atoms with E-state index in [0.717, 1.165) is 141 Å². The lowest BCUT2D eigenvalue weighted by Crippen LogP contribution is -2.30. The van der Waals surface area contributed by atoms with Gasteiger partial charge in [-0.25, -0.2) is 0 Å². The van der Waals surface area contributed by atoms with Gasteiger partial charge in [0.05, 0.1) is 0 Å². The van der Waals surface area contributed by atoms with Crippen molar-refractivity contribution < 1.29 is 28.6 Å². The van der Waals surface area contributed by atoms with Crippen molar-refractivity contribution in [3.63, 3.8) is 0 Å². The van der Waals surface area contributed by atoms with Crippen LogP contribution in [0.5, 0.6) is 0 Å². The Morgan fingerprint density at radius 2 is 0.487 bits per heavy atom. The molecule has 6 heteroatoms. The molecule has 0 aromatic carbocycles. The lowest BCUT2D eigenvalue weighted by atomic mass is 10.1. The van der Waals surface area contributed by atoms with E-state index in [-0.39, 0.29) is 31.1 Å². The van der Waals surface area contributed by atoms with Crippen LogP contribution in [0.25, 0.3) is 0 Å². The second kappa shape index (κ2) is 66.8. The predicted molar refractivity (Wildman–Crippen MR) is 348 cm³/mol. The van der Waals surface area contributed by atoms with Crippen molar-refractivity contribution in [3.8, 4) is 0 Å². The van der Waals surface area contributed by atoms with Crippen LogP contribution in [-0.2, 0) is 28.6 Å². The van der Waals surface area contributed by atoms with Crippen LogP contribution in [0.1, 0.15) is 284 Å². The van der Waals surface area contributed by atoms with E-state index in [9.17, 15) is 14.4 Å². The summed E-state index contributed by atoms with van der Waals surface area (Å²) in [7, 11) is 0. The van der Waals surface area contributed by atoms with Gasteiger partial charge in [-0.15, -0.1) is 0 Å². The molecule has 0 saturated heterocycles. The molecule has 0 aliphatic carbocycles. The van der Waals surface area contributed by atoms with E-state index in [2.05, 4.69) is 167 Å². The number of carbonyl (C=O) groups excluding carboxylic acids is 3. The van der Waals surface area contributed by atoms with Gasteiger partial charge in [0, 0.05) is 19.3 Å². The van der Waals surface area contributed by atoms with Crippen LogP contribution in [0.3, 0.4) is 0 Å². The van der Waals surface area contributed by atoms with Crippen LogP contribution in [0.15, 0.2) is 146 Å². The highest BCUT2D eigenvalue weighted by Gasteiger charge is 2.19. The summed E-state index contributed by atoms with van der Waals surface area (Å²) in [6, 6.07) is 0. The van der Waals surface area contributed by atoms with Gasteiger partial charge < -0.3 is 14.2 Å². The summed E-state index contributed by atoms with van der Waals surface area (Å²) in [5.41, 5.74) is 0. The number of unbranched alkanes of at least 4 members (excludes halogenated alkanes) is 23. The molecule has 0 spiro atoms. The standard InChI is InChI=1S/C74H120O6/c1-4-7-10-13-16-19-21-23-25-27-29-31-33-34-35-36-37-38-39-40-42-43-45-47-49-51-53-55-58-61-64-67-73(76)79-70-71(69-78-72(75)66-63-60-57-18-15-12-9-6-3)80-74(77)68-65-62-59-56-54-52-50-48-46-44-41-32-30-28-26-24-22-20-17-14-11-8-5-2/h7,10,16,19,22-25,28-31,34-35,37-38,40-42,44-45,47,51,53,71H,4-6,8-9,11-15,17-18,20-21,26-27,32-33,36,39,43,46,48-50,52,54-70H2,1-3H3/b10-7-,19-16-,24-22-,25-23-,30-28-,31-29-,35-34-,38-37-,42-40-,44-41-,47-45-,53-51-. The van der Waals surface area contributed by atoms with Crippen LogP contribution in [-0.4, -0.2) is 37.2 Å². The number of esters is 3. The van der Waals surface area contributed by atoms with Gasteiger partial charge in [0.25, 0.3) is 0 Å². The molecule has 1 atom stereocenters. The molecule has 0 rings (SSSR count). The minimum Gasteiger partial charge on any atom is -0.462 e. The molecule has 452 valence electrons. The fourth-order valence-corrected chi connectivity index (χ4v) is 8.68.